The van der Waals surface area contributed by atoms with E-state index < -0.39 is 15.1 Å². The van der Waals surface area contributed by atoms with Crippen molar-refractivity contribution in [2.24, 2.45) is 5.92 Å². The van der Waals surface area contributed by atoms with Crippen LogP contribution in [-0.4, -0.2) is 13.1 Å². The average Bonchev–Trinajstić information content (AvgIpc) is 2.79. The molecule has 2 aliphatic rings. The number of benzene rings is 1. The Balaban J connectivity index is 1.97. The molecule has 1 saturated heterocycles. The maximum atomic E-state index is 12.6. The average molecular weight is 285 g/mol. The molecule has 102 valence electrons. The van der Waals surface area contributed by atoms with E-state index in [0.717, 1.165) is 18.5 Å². The van der Waals surface area contributed by atoms with E-state index in [1.54, 1.807) is 0 Å². The van der Waals surface area contributed by atoms with Crippen LogP contribution in [0.2, 0.25) is 0 Å². The van der Waals surface area contributed by atoms with Crippen LogP contribution in [0, 0.1) is 5.92 Å². The summed E-state index contributed by atoms with van der Waals surface area (Å²) in [5.74, 6) is 0.434. The zero-order chi connectivity index (χ0) is 13.3. The monoisotopic (exact) mass is 285 g/mol. The second kappa shape index (κ2) is 2.70. The van der Waals surface area contributed by atoms with Crippen molar-refractivity contribution in [3.8, 4) is 0 Å². The van der Waals surface area contributed by atoms with E-state index in [9.17, 15) is 19.4 Å². The first kappa shape index (κ1) is 12.2. The summed E-state index contributed by atoms with van der Waals surface area (Å²) in [6.07, 6.45) is 0.926. The lowest BCUT2D eigenvalue weighted by Gasteiger charge is -2.40. The second-order valence-corrected chi connectivity index (χ2v) is 7.59. The molecule has 0 amide bonds. The van der Waals surface area contributed by atoms with Gasteiger partial charge >= 0.3 is 10.2 Å². The molecule has 0 unspecified atom stereocenters. The smallest absolute Gasteiger partial charge is 0.310 e. The Morgan fingerprint density at radius 3 is 2.06 bits per heavy atom. The van der Waals surface area contributed by atoms with Crippen molar-refractivity contribution in [1.82, 2.24) is 5.32 Å². The first-order valence-corrected chi connectivity index (χ1v) is 7.52. The molecule has 1 aromatic carbocycles. The van der Waals surface area contributed by atoms with Crippen LogP contribution in [0.5, 0.6) is 0 Å². The van der Waals surface area contributed by atoms with E-state index in [1.165, 1.54) is 12.1 Å². The van der Waals surface area contributed by atoms with Crippen LogP contribution in [0.25, 0.3) is 0 Å². The van der Waals surface area contributed by atoms with Gasteiger partial charge in [-0.3, -0.25) is 0 Å². The van der Waals surface area contributed by atoms with E-state index in [4.69, 9.17) is 0 Å². The molecule has 18 heavy (non-hydrogen) atoms. The molecule has 1 aliphatic carbocycles. The summed E-state index contributed by atoms with van der Waals surface area (Å²) >= 11 is 0. The van der Waals surface area contributed by atoms with Crippen molar-refractivity contribution in [2.75, 3.05) is 13.1 Å². The zero-order valence-electron chi connectivity index (χ0n) is 9.31. The molecule has 1 heterocycles. The number of hydrogen-bond donors (Lipinski definition) is 1. The summed E-state index contributed by atoms with van der Waals surface area (Å²) in [6, 6.07) is 3.42. The van der Waals surface area contributed by atoms with Crippen LogP contribution in [-0.2, 0) is 5.41 Å². The molecule has 1 aromatic rings. The lowest BCUT2D eigenvalue weighted by atomic mass is 9.95. The quantitative estimate of drug-likeness (QED) is 0.803. The summed E-state index contributed by atoms with van der Waals surface area (Å²) in [5, 5.41) is 3.16. The summed E-state index contributed by atoms with van der Waals surface area (Å²) < 4.78 is 62.8. The SMILES string of the molecule is FS(F)(F)(F)(F)c1ccc([C@@]23CNC[C@@H]2C3)cc1. The van der Waals surface area contributed by atoms with Gasteiger partial charge in [0, 0.05) is 12.0 Å². The summed E-state index contributed by atoms with van der Waals surface area (Å²) in [4.78, 5) is -1.81. The van der Waals surface area contributed by atoms with Gasteiger partial charge in [-0.2, -0.15) is 0 Å². The fraction of sp³-hybridized carbons (Fsp3) is 0.455. The standard InChI is InChI=1S/C11H12F5NS/c12-18(13,14,15,16)10-3-1-8(2-4-10)11-5-9(11)6-17-7-11/h1-4,9,17H,5-7H2/t9-,11+/m0/s1. The molecule has 2 fully saturated rings. The highest BCUT2D eigenvalue weighted by atomic mass is 32.5. The van der Waals surface area contributed by atoms with E-state index in [0.29, 0.717) is 24.6 Å². The molecule has 0 radical (unpaired) electrons. The fourth-order valence-electron chi connectivity index (χ4n) is 2.83. The van der Waals surface area contributed by atoms with E-state index in [2.05, 4.69) is 5.32 Å². The van der Waals surface area contributed by atoms with E-state index >= 15 is 0 Å². The van der Waals surface area contributed by atoms with E-state index in [1.807, 2.05) is 0 Å². The fourth-order valence-corrected chi connectivity index (χ4v) is 3.48. The van der Waals surface area contributed by atoms with Crippen LogP contribution in [0.4, 0.5) is 19.4 Å². The van der Waals surface area contributed by atoms with Crippen LogP contribution < -0.4 is 5.32 Å². The van der Waals surface area contributed by atoms with Gasteiger partial charge in [-0.1, -0.05) is 31.6 Å². The molecule has 1 N–H and O–H groups in total. The van der Waals surface area contributed by atoms with Gasteiger partial charge in [-0.05, 0) is 36.6 Å². The number of piperidine rings is 1. The van der Waals surface area contributed by atoms with Crippen LogP contribution >= 0.6 is 10.2 Å². The molecule has 3 rings (SSSR count). The Morgan fingerprint density at radius 1 is 1.06 bits per heavy atom. The van der Waals surface area contributed by atoms with Crippen LogP contribution in [0.15, 0.2) is 29.2 Å². The maximum absolute atomic E-state index is 12.6. The van der Waals surface area contributed by atoms with Gasteiger partial charge in [-0.25, -0.2) is 0 Å². The minimum absolute atomic E-state index is 0.115. The molecule has 0 aromatic heterocycles. The number of fused-ring (bicyclic) bond motifs is 1. The zero-order valence-corrected chi connectivity index (χ0v) is 10.1. The molecular formula is C11H12F5NS. The Hall–Kier alpha value is -0.820. The molecule has 1 saturated carbocycles. The predicted molar refractivity (Wildman–Crippen MR) is 60.5 cm³/mol. The van der Waals surface area contributed by atoms with Gasteiger partial charge in [0.1, 0.15) is 4.90 Å². The third kappa shape index (κ3) is 1.80. The predicted octanol–water partition coefficient (Wildman–Crippen LogP) is 4.20. The molecule has 7 heteroatoms. The maximum Gasteiger partial charge on any atom is 0.310 e. The second-order valence-electron chi connectivity index (χ2n) is 5.18. The third-order valence-corrected chi connectivity index (χ3v) is 5.10. The largest absolute Gasteiger partial charge is 0.316 e. The Labute approximate surface area is 101 Å². The Kier molecular flexibility index (Phi) is 1.83. The minimum Gasteiger partial charge on any atom is -0.316 e. The first-order valence-electron chi connectivity index (χ1n) is 5.57. The van der Waals surface area contributed by atoms with Crippen molar-refractivity contribution in [2.45, 2.75) is 16.7 Å². The number of rotatable bonds is 2. The first-order chi connectivity index (χ1) is 8.01. The van der Waals surface area contributed by atoms with Crippen molar-refractivity contribution < 1.29 is 19.4 Å². The summed E-state index contributed by atoms with van der Waals surface area (Å²) in [6.45, 7) is 1.57. The summed E-state index contributed by atoms with van der Waals surface area (Å²) in [5.41, 5.74) is 0.610. The van der Waals surface area contributed by atoms with Crippen molar-refractivity contribution in [3.05, 3.63) is 29.8 Å². The minimum atomic E-state index is -9.53. The number of nitrogens with one attached hydrogen (secondary N) is 1. The van der Waals surface area contributed by atoms with Gasteiger partial charge in [-0.15, -0.1) is 0 Å². The third-order valence-electron chi connectivity index (χ3n) is 3.94. The lowest BCUT2D eigenvalue weighted by molar-refractivity contribution is 0.364. The van der Waals surface area contributed by atoms with Gasteiger partial charge in [0.2, 0.25) is 0 Å². The normalized spacial score (nSPS) is 34.6. The molecular weight excluding hydrogens is 273 g/mol. The van der Waals surface area contributed by atoms with Gasteiger partial charge < -0.3 is 5.32 Å². The Bertz CT molecular complexity index is 508. The lowest BCUT2D eigenvalue weighted by Crippen LogP contribution is -2.19. The van der Waals surface area contributed by atoms with Crippen LogP contribution in [0.3, 0.4) is 0 Å². The van der Waals surface area contributed by atoms with Crippen molar-refractivity contribution in [3.63, 3.8) is 0 Å². The van der Waals surface area contributed by atoms with Crippen molar-refractivity contribution >= 4 is 10.2 Å². The highest BCUT2D eigenvalue weighted by molar-refractivity contribution is 8.45. The van der Waals surface area contributed by atoms with Gasteiger partial charge in [0.15, 0.2) is 0 Å². The molecule has 2 atom stereocenters. The number of hydrogen-bond acceptors (Lipinski definition) is 1. The highest BCUT2D eigenvalue weighted by Gasteiger charge is 2.65. The van der Waals surface area contributed by atoms with Gasteiger partial charge in [0.05, 0.1) is 0 Å². The Morgan fingerprint density at radius 2 is 1.67 bits per heavy atom. The summed E-state index contributed by atoms with van der Waals surface area (Å²) in [7, 11) is -9.53. The number of halogens is 5. The van der Waals surface area contributed by atoms with E-state index in [-0.39, 0.29) is 5.41 Å². The van der Waals surface area contributed by atoms with Crippen molar-refractivity contribution in [1.29, 1.82) is 0 Å². The molecule has 1 nitrogen and oxygen atoms in total. The van der Waals surface area contributed by atoms with Crippen LogP contribution in [0.1, 0.15) is 12.0 Å². The topological polar surface area (TPSA) is 12.0 Å². The van der Waals surface area contributed by atoms with Gasteiger partial charge in [0.25, 0.3) is 0 Å². The molecule has 0 spiro atoms. The highest BCUT2D eigenvalue weighted by Crippen LogP contribution is 3.02. The molecule has 1 aliphatic heterocycles. The molecule has 0 bridgehead atoms.